The second-order valence-corrected chi connectivity index (χ2v) is 1.93. The van der Waals surface area contributed by atoms with Gasteiger partial charge >= 0.3 is 0 Å². The first-order valence-corrected chi connectivity index (χ1v) is 3.16. The SMILES string of the molecule is C#CCNc1nc(N)nc(N)n1. The Hall–Kier alpha value is -2.03. The summed E-state index contributed by atoms with van der Waals surface area (Å²) >= 11 is 0. The Morgan fingerprint density at radius 1 is 1.25 bits per heavy atom. The van der Waals surface area contributed by atoms with Crippen LogP contribution in [0.25, 0.3) is 0 Å². The fraction of sp³-hybridized carbons (Fsp3) is 0.167. The van der Waals surface area contributed by atoms with Gasteiger partial charge in [0.1, 0.15) is 0 Å². The van der Waals surface area contributed by atoms with E-state index in [4.69, 9.17) is 17.9 Å². The number of nitrogens with two attached hydrogens (primary N) is 2. The molecule has 0 spiro atoms. The van der Waals surface area contributed by atoms with E-state index in [2.05, 4.69) is 26.2 Å². The molecule has 0 aliphatic rings. The summed E-state index contributed by atoms with van der Waals surface area (Å²) in [7, 11) is 0. The van der Waals surface area contributed by atoms with E-state index in [1.165, 1.54) is 0 Å². The lowest BCUT2D eigenvalue weighted by Crippen LogP contribution is -2.09. The maximum Gasteiger partial charge on any atom is 0.230 e. The van der Waals surface area contributed by atoms with E-state index in [9.17, 15) is 0 Å². The molecule has 0 radical (unpaired) electrons. The molecule has 0 amide bonds. The number of aromatic nitrogens is 3. The van der Waals surface area contributed by atoms with Gasteiger partial charge in [-0.3, -0.25) is 0 Å². The number of nitrogens with one attached hydrogen (secondary N) is 1. The molecule has 0 bridgehead atoms. The number of hydrogen-bond donors (Lipinski definition) is 3. The van der Waals surface area contributed by atoms with Crippen LogP contribution in [0, 0.1) is 12.3 Å². The van der Waals surface area contributed by atoms with E-state index >= 15 is 0 Å². The largest absolute Gasteiger partial charge is 0.368 e. The second-order valence-electron chi connectivity index (χ2n) is 1.93. The first kappa shape index (κ1) is 8.07. The fourth-order valence-corrected chi connectivity index (χ4v) is 0.619. The van der Waals surface area contributed by atoms with Crippen LogP contribution in [0.4, 0.5) is 17.8 Å². The van der Waals surface area contributed by atoms with Crippen LogP contribution in [0.5, 0.6) is 0 Å². The van der Waals surface area contributed by atoms with E-state index in [1.54, 1.807) is 0 Å². The normalized spacial score (nSPS) is 8.92. The molecule has 0 saturated carbocycles. The minimum Gasteiger partial charge on any atom is -0.368 e. The lowest BCUT2D eigenvalue weighted by Gasteiger charge is -2.00. The Labute approximate surface area is 69.4 Å². The molecule has 1 rings (SSSR count). The molecule has 62 valence electrons. The topological polar surface area (TPSA) is 103 Å². The van der Waals surface area contributed by atoms with Crippen LogP contribution >= 0.6 is 0 Å². The summed E-state index contributed by atoms with van der Waals surface area (Å²) in [5.41, 5.74) is 10.6. The first-order valence-electron chi connectivity index (χ1n) is 3.16. The van der Waals surface area contributed by atoms with Gasteiger partial charge in [-0.1, -0.05) is 5.92 Å². The molecule has 0 fully saturated rings. The highest BCUT2D eigenvalue weighted by Crippen LogP contribution is 2.01. The summed E-state index contributed by atoms with van der Waals surface area (Å²) in [5.74, 6) is 2.79. The van der Waals surface area contributed by atoms with Crippen LogP contribution in [0.3, 0.4) is 0 Å². The Morgan fingerprint density at radius 2 is 1.83 bits per heavy atom. The van der Waals surface area contributed by atoms with Crippen molar-refractivity contribution in [2.75, 3.05) is 23.3 Å². The van der Waals surface area contributed by atoms with Crippen molar-refractivity contribution < 1.29 is 0 Å². The molecule has 1 heterocycles. The van der Waals surface area contributed by atoms with Gasteiger partial charge in [-0.2, -0.15) is 15.0 Å². The number of anilines is 3. The lowest BCUT2D eigenvalue weighted by molar-refractivity contribution is 1.06. The van der Waals surface area contributed by atoms with Crippen LogP contribution < -0.4 is 16.8 Å². The maximum absolute atomic E-state index is 5.30. The molecule has 1 aromatic heterocycles. The molecule has 0 aromatic carbocycles. The number of hydrogen-bond acceptors (Lipinski definition) is 6. The summed E-state index contributed by atoms with van der Waals surface area (Å²) in [6, 6.07) is 0. The zero-order chi connectivity index (χ0) is 8.97. The smallest absolute Gasteiger partial charge is 0.230 e. The minimum atomic E-state index is 0.0713. The summed E-state index contributed by atoms with van der Waals surface area (Å²) < 4.78 is 0. The predicted octanol–water partition coefficient (Wildman–Crippen LogP) is -0.919. The number of nitrogens with zero attached hydrogens (tertiary/aromatic N) is 3. The van der Waals surface area contributed by atoms with Gasteiger partial charge in [0.05, 0.1) is 6.54 Å². The highest BCUT2D eigenvalue weighted by Gasteiger charge is 1.98. The monoisotopic (exact) mass is 164 g/mol. The average molecular weight is 164 g/mol. The predicted molar refractivity (Wildman–Crippen MR) is 46.0 cm³/mol. The maximum atomic E-state index is 5.30. The van der Waals surface area contributed by atoms with Crippen molar-refractivity contribution in [3.8, 4) is 12.3 Å². The number of terminal acetylenes is 1. The average Bonchev–Trinajstić information content (AvgIpc) is 1.99. The van der Waals surface area contributed by atoms with Crippen molar-refractivity contribution in [1.82, 2.24) is 15.0 Å². The Morgan fingerprint density at radius 3 is 2.33 bits per heavy atom. The molecule has 0 aliphatic heterocycles. The Balaban J connectivity index is 2.80. The molecule has 0 atom stereocenters. The van der Waals surface area contributed by atoms with Crippen LogP contribution in [-0.4, -0.2) is 21.5 Å². The summed E-state index contributed by atoms with van der Waals surface area (Å²) in [6.45, 7) is 0.322. The van der Waals surface area contributed by atoms with Gasteiger partial charge in [0.2, 0.25) is 17.8 Å². The van der Waals surface area contributed by atoms with Crippen LogP contribution in [0.15, 0.2) is 0 Å². The highest BCUT2D eigenvalue weighted by molar-refractivity contribution is 5.37. The summed E-state index contributed by atoms with van der Waals surface area (Å²) in [6.07, 6.45) is 5.01. The number of nitrogen functional groups attached to an aromatic ring is 2. The van der Waals surface area contributed by atoms with Gasteiger partial charge in [-0.15, -0.1) is 6.42 Å². The Kier molecular flexibility index (Phi) is 2.28. The highest BCUT2D eigenvalue weighted by atomic mass is 15.2. The van der Waals surface area contributed by atoms with Crippen LogP contribution in [0.2, 0.25) is 0 Å². The van der Waals surface area contributed by atoms with E-state index in [0.29, 0.717) is 6.54 Å². The lowest BCUT2D eigenvalue weighted by atomic mass is 10.6. The second kappa shape index (κ2) is 3.39. The van der Waals surface area contributed by atoms with Crippen molar-refractivity contribution in [1.29, 1.82) is 0 Å². The standard InChI is InChI=1S/C6H8N6/c1-2-3-9-6-11-4(7)10-5(8)12-6/h1H,3H2,(H5,7,8,9,10,11,12). The van der Waals surface area contributed by atoms with E-state index < -0.39 is 0 Å². The van der Waals surface area contributed by atoms with Gasteiger partial charge < -0.3 is 16.8 Å². The van der Waals surface area contributed by atoms with Gasteiger partial charge in [-0.05, 0) is 0 Å². The molecule has 0 unspecified atom stereocenters. The van der Waals surface area contributed by atoms with Gasteiger partial charge in [-0.25, -0.2) is 0 Å². The third-order valence-corrected chi connectivity index (χ3v) is 1.02. The molecule has 1 aromatic rings. The van der Waals surface area contributed by atoms with Gasteiger partial charge in [0.15, 0.2) is 0 Å². The molecule has 12 heavy (non-hydrogen) atoms. The van der Waals surface area contributed by atoms with Crippen molar-refractivity contribution in [3.63, 3.8) is 0 Å². The van der Waals surface area contributed by atoms with Crippen molar-refractivity contribution >= 4 is 17.8 Å². The van der Waals surface area contributed by atoms with Crippen molar-refractivity contribution in [3.05, 3.63) is 0 Å². The quantitative estimate of drug-likeness (QED) is 0.488. The molecule has 0 saturated heterocycles. The molecule has 0 aliphatic carbocycles. The van der Waals surface area contributed by atoms with E-state index in [0.717, 1.165) is 0 Å². The number of rotatable bonds is 2. The van der Waals surface area contributed by atoms with Crippen LogP contribution in [-0.2, 0) is 0 Å². The fourth-order valence-electron chi connectivity index (χ4n) is 0.619. The van der Waals surface area contributed by atoms with Crippen molar-refractivity contribution in [2.45, 2.75) is 0 Å². The third-order valence-electron chi connectivity index (χ3n) is 1.02. The van der Waals surface area contributed by atoms with E-state index in [1.807, 2.05) is 0 Å². The first-order chi connectivity index (χ1) is 5.72. The Bertz CT molecular complexity index is 294. The third kappa shape index (κ3) is 1.98. The molecule has 6 nitrogen and oxygen atoms in total. The van der Waals surface area contributed by atoms with E-state index in [-0.39, 0.29) is 17.8 Å². The molecule has 5 N–H and O–H groups in total. The summed E-state index contributed by atoms with van der Waals surface area (Å²) in [4.78, 5) is 11.1. The zero-order valence-corrected chi connectivity index (χ0v) is 6.28. The van der Waals surface area contributed by atoms with Crippen molar-refractivity contribution in [2.24, 2.45) is 0 Å². The minimum absolute atomic E-state index is 0.0713. The molecular formula is C6H8N6. The molecular weight excluding hydrogens is 156 g/mol. The molecule has 6 heteroatoms. The van der Waals surface area contributed by atoms with Gasteiger partial charge in [0.25, 0.3) is 0 Å². The van der Waals surface area contributed by atoms with Gasteiger partial charge in [0, 0.05) is 0 Å². The van der Waals surface area contributed by atoms with Crippen LogP contribution in [0.1, 0.15) is 0 Å². The summed E-state index contributed by atoms with van der Waals surface area (Å²) in [5, 5.41) is 2.72. The zero-order valence-electron chi connectivity index (χ0n) is 6.28.